The highest BCUT2D eigenvalue weighted by Gasteiger charge is 2.30. The van der Waals surface area contributed by atoms with E-state index >= 15 is 0 Å². The fourth-order valence-electron chi connectivity index (χ4n) is 2.74. The van der Waals surface area contributed by atoms with Crippen LogP contribution in [0.3, 0.4) is 0 Å². The molecule has 0 bridgehead atoms. The second-order valence-electron chi connectivity index (χ2n) is 6.27. The number of hydrogen-bond acceptors (Lipinski definition) is 3. The number of aryl methyl sites for hydroxylation is 2. The van der Waals surface area contributed by atoms with Gasteiger partial charge in [-0.1, -0.05) is 12.1 Å². The van der Waals surface area contributed by atoms with Gasteiger partial charge in [-0.2, -0.15) is 0 Å². The van der Waals surface area contributed by atoms with E-state index in [2.05, 4.69) is 52.0 Å². The largest absolute Gasteiger partial charge is 0.487 e. The molecule has 0 radical (unpaired) electrons. The van der Waals surface area contributed by atoms with Gasteiger partial charge in [0.1, 0.15) is 11.4 Å². The van der Waals surface area contributed by atoms with Crippen molar-refractivity contribution in [1.82, 2.24) is 0 Å². The summed E-state index contributed by atoms with van der Waals surface area (Å²) in [7, 11) is 0. The second kappa shape index (κ2) is 4.61. The molecule has 0 amide bonds. The second-order valence-corrected chi connectivity index (χ2v) is 7.56. The van der Waals surface area contributed by atoms with Gasteiger partial charge in [0.15, 0.2) is 0 Å². The van der Waals surface area contributed by atoms with E-state index in [0.717, 1.165) is 12.2 Å². The fraction of sp³-hybridized carbons (Fsp3) is 0.412. The van der Waals surface area contributed by atoms with Crippen LogP contribution in [-0.4, -0.2) is 5.60 Å². The number of ether oxygens (including phenoxy) is 1. The first-order valence-corrected chi connectivity index (χ1v) is 7.82. The Morgan fingerprint density at radius 1 is 1.25 bits per heavy atom. The summed E-state index contributed by atoms with van der Waals surface area (Å²) >= 11 is 1.79. The van der Waals surface area contributed by atoms with E-state index in [0.29, 0.717) is 0 Å². The van der Waals surface area contributed by atoms with Crippen LogP contribution in [0.15, 0.2) is 24.3 Å². The van der Waals surface area contributed by atoms with Crippen LogP contribution in [0.5, 0.6) is 5.75 Å². The van der Waals surface area contributed by atoms with Crippen molar-refractivity contribution in [3.63, 3.8) is 0 Å². The van der Waals surface area contributed by atoms with Crippen molar-refractivity contribution in [2.75, 3.05) is 0 Å². The smallest absolute Gasteiger partial charge is 0.123 e. The molecule has 1 aliphatic rings. The summed E-state index contributed by atoms with van der Waals surface area (Å²) in [5, 5.41) is 0. The van der Waals surface area contributed by atoms with Crippen molar-refractivity contribution in [3.8, 4) is 5.75 Å². The Morgan fingerprint density at radius 3 is 2.65 bits per heavy atom. The molecule has 1 unspecified atom stereocenters. The summed E-state index contributed by atoms with van der Waals surface area (Å²) in [6.07, 6.45) is 0.950. The summed E-state index contributed by atoms with van der Waals surface area (Å²) < 4.78 is 5.92. The number of nitrogens with two attached hydrogens (primary N) is 1. The highest BCUT2D eigenvalue weighted by atomic mass is 32.1. The number of benzene rings is 1. The van der Waals surface area contributed by atoms with E-state index in [4.69, 9.17) is 10.5 Å². The first-order valence-electron chi connectivity index (χ1n) is 7.00. The average Bonchev–Trinajstić information content (AvgIpc) is 2.86. The maximum absolute atomic E-state index is 6.43. The highest BCUT2D eigenvalue weighted by molar-refractivity contribution is 7.12. The van der Waals surface area contributed by atoms with Gasteiger partial charge in [-0.15, -0.1) is 11.3 Å². The Bertz CT molecular complexity index is 638. The van der Waals surface area contributed by atoms with Crippen molar-refractivity contribution < 1.29 is 4.74 Å². The lowest BCUT2D eigenvalue weighted by atomic mass is 9.97. The molecule has 2 nitrogen and oxygen atoms in total. The third-order valence-electron chi connectivity index (χ3n) is 3.94. The maximum Gasteiger partial charge on any atom is 0.123 e. The molecule has 106 valence electrons. The van der Waals surface area contributed by atoms with Crippen LogP contribution in [-0.2, 0) is 6.42 Å². The molecule has 0 fully saturated rings. The molecule has 3 rings (SSSR count). The molecule has 1 aromatic heterocycles. The molecule has 0 saturated carbocycles. The third-order valence-corrected chi connectivity index (χ3v) is 5.17. The van der Waals surface area contributed by atoms with Gasteiger partial charge in [0, 0.05) is 16.2 Å². The molecule has 0 aliphatic carbocycles. The number of rotatable bonds is 2. The molecule has 1 aromatic carbocycles. The lowest BCUT2D eigenvalue weighted by Gasteiger charge is -2.16. The van der Waals surface area contributed by atoms with E-state index < -0.39 is 0 Å². The molecular formula is C17H21NOS. The summed E-state index contributed by atoms with van der Waals surface area (Å²) in [5.74, 6) is 1.00. The van der Waals surface area contributed by atoms with E-state index in [1.165, 1.54) is 26.4 Å². The van der Waals surface area contributed by atoms with Gasteiger partial charge >= 0.3 is 0 Å². The predicted octanol–water partition coefficient (Wildman–Crippen LogP) is 4.13. The van der Waals surface area contributed by atoms with E-state index in [1.807, 2.05) is 0 Å². The molecule has 1 atom stereocenters. The van der Waals surface area contributed by atoms with Gasteiger partial charge < -0.3 is 10.5 Å². The van der Waals surface area contributed by atoms with Crippen molar-refractivity contribution in [2.24, 2.45) is 5.73 Å². The lowest BCUT2D eigenvalue weighted by Crippen LogP contribution is -2.24. The standard InChI is InChI=1S/C17H21NOS/c1-10-7-15(20-11(10)2)16(18)12-5-6-14-13(8-12)9-17(3,4)19-14/h5-8,16H,9,18H2,1-4H3. The summed E-state index contributed by atoms with van der Waals surface area (Å²) in [4.78, 5) is 2.58. The van der Waals surface area contributed by atoms with Gasteiger partial charge in [-0.25, -0.2) is 0 Å². The summed E-state index contributed by atoms with van der Waals surface area (Å²) in [6, 6.07) is 8.53. The van der Waals surface area contributed by atoms with Crippen LogP contribution in [0.4, 0.5) is 0 Å². The van der Waals surface area contributed by atoms with Crippen molar-refractivity contribution in [1.29, 1.82) is 0 Å². The minimum absolute atomic E-state index is 0.0404. The quantitative estimate of drug-likeness (QED) is 0.901. The van der Waals surface area contributed by atoms with Gasteiger partial charge in [0.25, 0.3) is 0 Å². The normalized spacial score (nSPS) is 17.6. The van der Waals surface area contributed by atoms with Crippen LogP contribution in [0.2, 0.25) is 0 Å². The Balaban J connectivity index is 1.92. The van der Waals surface area contributed by atoms with Crippen LogP contribution in [0.1, 0.15) is 46.3 Å². The molecule has 1 aliphatic heterocycles. The molecular weight excluding hydrogens is 266 g/mol. The Labute approximate surface area is 124 Å². The average molecular weight is 287 g/mol. The fourth-order valence-corrected chi connectivity index (χ4v) is 3.81. The van der Waals surface area contributed by atoms with Gasteiger partial charge in [-0.3, -0.25) is 0 Å². The number of hydrogen-bond donors (Lipinski definition) is 1. The number of thiophene rings is 1. The Kier molecular flexibility index (Phi) is 3.14. The van der Waals surface area contributed by atoms with E-state index in [1.54, 1.807) is 11.3 Å². The zero-order valence-electron chi connectivity index (χ0n) is 12.5. The minimum Gasteiger partial charge on any atom is -0.487 e. The lowest BCUT2D eigenvalue weighted by molar-refractivity contribution is 0.138. The summed E-state index contributed by atoms with van der Waals surface area (Å²) in [5.41, 5.74) is 10.1. The first-order chi connectivity index (χ1) is 9.35. The van der Waals surface area contributed by atoms with Crippen LogP contribution in [0.25, 0.3) is 0 Å². The molecule has 0 spiro atoms. The van der Waals surface area contributed by atoms with Crippen LogP contribution < -0.4 is 10.5 Å². The minimum atomic E-state index is -0.0961. The predicted molar refractivity (Wildman–Crippen MR) is 84.7 cm³/mol. The van der Waals surface area contributed by atoms with E-state index in [9.17, 15) is 0 Å². The van der Waals surface area contributed by atoms with Gasteiger partial charge in [-0.05, 0) is 56.5 Å². The zero-order chi connectivity index (χ0) is 14.5. The highest BCUT2D eigenvalue weighted by Crippen LogP contribution is 2.37. The van der Waals surface area contributed by atoms with Crippen molar-refractivity contribution in [2.45, 2.75) is 45.8 Å². The molecule has 2 aromatic rings. The van der Waals surface area contributed by atoms with Crippen LogP contribution >= 0.6 is 11.3 Å². The molecule has 20 heavy (non-hydrogen) atoms. The molecule has 0 saturated heterocycles. The SMILES string of the molecule is Cc1cc(C(N)c2ccc3c(c2)CC(C)(C)O3)sc1C. The maximum atomic E-state index is 6.43. The van der Waals surface area contributed by atoms with Crippen molar-refractivity contribution in [3.05, 3.63) is 50.7 Å². The summed E-state index contributed by atoms with van der Waals surface area (Å²) in [6.45, 7) is 8.54. The molecule has 3 heteroatoms. The molecule has 2 heterocycles. The van der Waals surface area contributed by atoms with Crippen LogP contribution in [0, 0.1) is 13.8 Å². The van der Waals surface area contributed by atoms with Crippen molar-refractivity contribution >= 4 is 11.3 Å². The van der Waals surface area contributed by atoms with E-state index in [-0.39, 0.29) is 11.6 Å². The topological polar surface area (TPSA) is 35.2 Å². The third kappa shape index (κ3) is 2.36. The monoisotopic (exact) mass is 287 g/mol. The number of fused-ring (bicyclic) bond motifs is 1. The zero-order valence-corrected chi connectivity index (χ0v) is 13.3. The first kappa shape index (κ1) is 13.7. The van der Waals surface area contributed by atoms with Gasteiger partial charge in [0.2, 0.25) is 0 Å². The Hall–Kier alpha value is -1.32. The molecule has 2 N–H and O–H groups in total. The Morgan fingerprint density at radius 2 is 2.00 bits per heavy atom. The van der Waals surface area contributed by atoms with Gasteiger partial charge in [0.05, 0.1) is 6.04 Å².